The van der Waals surface area contributed by atoms with E-state index in [4.69, 9.17) is 19.4 Å². The van der Waals surface area contributed by atoms with E-state index < -0.39 is 5.97 Å². The van der Waals surface area contributed by atoms with Crippen molar-refractivity contribution in [2.75, 3.05) is 46.1 Å². The minimum absolute atomic E-state index is 0.0358. The summed E-state index contributed by atoms with van der Waals surface area (Å²) in [5.74, 6) is -0.259. The number of morpholine rings is 1. The van der Waals surface area contributed by atoms with Gasteiger partial charge in [-0.3, -0.25) is 9.69 Å². The molecule has 1 saturated heterocycles. The molecule has 0 spiro atoms. The summed E-state index contributed by atoms with van der Waals surface area (Å²) >= 11 is 0. The lowest BCUT2D eigenvalue weighted by molar-refractivity contribution is -0.136. The lowest BCUT2D eigenvalue weighted by Crippen LogP contribution is -2.39. The third kappa shape index (κ3) is 7.67. The first kappa shape index (κ1) is 24.4. The molecule has 35 heavy (non-hydrogen) atoms. The molecular formula is C28H30N2O5. The number of hydrogen-bond acceptors (Lipinski definition) is 6. The van der Waals surface area contributed by atoms with Crippen LogP contribution in [-0.4, -0.2) is 67.7 Å². The SMILES string of the molecule is O=C(O)Cc1cccc(OCCON=C(CN2CCOCC2)c2ccc(-c3ccccc3)cc2)c1. The van der Waals surface area contributed by atoms with Crippen molar-refractivity contribution in [2.24, 2.45) is 5.16 Å². The van der Waals surface area contributed by atoms with Gasteiger partial charge < -0.3 is 19.4 Å². The van der Waals surface area contributed by atoms with E-state index in [9.17, 15) is 4.79 Å². The number of carboxylic acids is 1. The first-order chi connectivity index (χ1) is 17.2. The number of carboxylic acid groups (broad SMARTS) is 1. The zero-order valence-corrected chi connectivity index (χ0v) is 19.6. The van der Waals surface area contributed by atoms with Crippen LogP contribution in [0.15, 0.2) is 84.0 Å². The van der Waals surface area contributed by atoms with Crippen molar-refractivity contribution in [2.45, 2.75) is 6.42 Å². The van der Waals surface area contributed by atoms with Gasteiger partial charge in [0, 0.05) is 25.2 Å². The monoisotopic (exact) mass is 474 g/mol. The van der Waals surface area contributed by atoms with Gasteiger partial charge in [-0.1, -0.05) is 71.9 Å². The lowest BCUT2D eigenvalue weighted by Gasteiger charge is -2.26. The summed E-state index contributed by atoms with van der Waals surface area (Å²) in [7, 11) is 0. The normalized spacial score (nSPS) is 14.5. The average Bonchev–Trinajstić information content (AvgIpc) is 2.89. The molecule has 1 aliphatic heterocycles. The quantitative estimate of drug-likeness (QED) is 0.256. The Balaban J connectivity index is 1.38. The maximum Gasteiger partial charge on any atom is 0.307 e. The maximum absolute atomic E-state index is 10.9. The van der Waals surface area contributed by atoms with E-state index in [1.54, 1.807) is 24.3 Å². The molecule has 0 saturated carbocycles. The standard InChI is InChI=1S/C28H30N2O5/c31-28(32)20-22-5-4-8-26(19-22)34-17-18-35-29-27(21-30-13-15-33-16-14-30)25-11-9-24(10-12-25)23-6-2-1-3-7-23/h1-12,19H,13-18,20-21H2,(H,31,32). The molecule has 1 fully saturated rings. The second-order valence-corrected chi connectivity index (χ2v) is 8.27. The topological polar surface area (TPSA) is 80.6 Å². The first-order valence-corrected chi connectivity index (χ1v) is 11.8. The average molecular weight is 475 g/mol. The second kappa shape index (κ2) is 12.7. The number of carbonyl (C=O) groups is 1. The molecule has 0 unspecified atom stereocenters. The molecule has 0 amide bonds. The third-order valence-corrected chi connectivity index (χ3v) is 5.67. The fraction of sp³-hybridized carbons (Fsp3) is 0.286. The summed E-state index contributed by atoms with van der Waals surface area (Å²) < 4.78 is 11.2. The van der Waals surface area contributed by atoms with Gasteiger partial charge >= 0.3 is 5.97 Å². The van der Waals surface area contributed by atoms with Gasteiger partial charge in [-0.05, 0) is 28.8 Å². The van der Waals surface area contributed by atoms with E-state index in [-0.39, 0.29) is 13.0 Å². The first-order valence-electron chi connectivity index (χ1n) is 11.8. The van der Waals surface area contributed by atoms with E-state index in [1.165, 1.54) is 5.56 Å². The fourth-order valence-electron chi connectivity index (χ4n) is 3.87. The molecular weight excluding hydrogens is 444 g/mol. The van der Waals surface area contributed by atoms with E-state index in [1.807, 2.05) is 18.2 Å². The van der Waals surface area contributed by atoms with Gasteiger partial charge in [-0.2, -0.15) is 0 Å². The van der Waals surface area contributed by atoms with Gasteiger partial charge in [0.25, 0.3) is 0 Å². The molecule has 7 heteroatoms. The molecule has 7 nitrogen and oxygen atoms in total. The van der Waals surface area contributed by atoms with Crippen LogP contribution >= 0.6 is 0 Å². The molecule has 0 radical (unpaired) electrons. The van der Waals surface area contributed by atoms with Crippen molar-refractivity contribution in [1.82, 2.24) is 4.90 Å². The number of nitrogens with zero attached hydrogens (tertiary/aromatic N) is 2. The van der Waals surface area contributed by atoms with Crippen LogP contribution in [0.4, 0.5) is 0 Å². The number of ether oxygens (including phenoxy) is 2. The highest BCUT2D eigenvalue weighted by Gasteiger charge is 2.15. The smallest absolute Gasteiger partial charge is 0.307 e. The molecule has 3 aromatic carbocycles. The molecule has 1 aliphatic rings. The number of benzene rings is 3. The highest BCUT2D eigenvalue weighted by molar-refractivity contribution is 6.02. The van der Waals surface area contributed by atoms with Crippen LogP contribution < -0.4 is 4.74 Å². The Hall–Kier alpha value is -3.68. The van der Waals surface area contributed by atoms with Crippen molar-refractivity contribution in [3.8, 4) is 16.9 Å². The van der Waals surface area contributed by atoms with Gasteiger partial charge in [0.2, 0.25) is 0 Å². The molecule has 4 rings (SSSR count). The molecule has 0 bridgehead atoms. The second-order valence-electron chi connectivity index (χ2n) is 8.27. The highest BCUT2D eigenvalue weighted by atomic mass is 16.6. The Kier molecular flexibility index (Phi) is 8.86. The number of oxime groups is 1. The summed E-state index contributed by atoms with van der Waals surface area (Å²) in [5, 5.41) is 13.4. The summed E-state index contributed by atoms with van der Waals surface area (Å²) in [6.45, 7) is 4.40. The van der Waals surface area contributed by atoms with Crippen LogP contribution in [0, 0.1) is 0 Å². The Morgan fingerprint density at radius 2 is 1.66 bits per heavy atom. The van der Waals surface area contributed by atoms with Crippen molar-refractivity contribution in [1.29, 1.82) is 0 Å². The Morgan fingerprint density at radius 3 is 2.40 bits per heavy atom. The van der Waals surface area contributed by atoms with Crippen LogP contribution in [0.25, 0.3) is 11.1 Å². The summed E-state index contributed by atoms with van der Waals surface area (Å²) in [6.07, 6.45) is -0.0358. The lowest BCUT2D eigenvalue weighted by atomic mass is 10.0. The van der Waals surface area contributed by atoms with Crippen LogP contribution in [0.2, 0.25) is 0 Å². The number of hydrogen-bond donors (Lipinski definition) is 1. The summed E-state index contributed by atoms with van der Waals surface area (Å²) in [5.41, 5.74) is 4.89. The predicted molar refractivity (Wildman–Crippen MR) is 135 cm³/mol. The molecule has 1 heterocycles. The van der Waals surface area contributed by atoms with E-state index in [2.05, 4.69) is 46.5 Å². The Bertz CT molecular complexity index is 1110. The van der Waals surface area contributed by atoms with Crippen LogP contribution in [-0.2, 0) is 20.8 Å². The van der Waals surface area contributed by atoms with E-state index >= 15 is 0 Å². The molecule has 0 aromatic heterocycles. The molecule has 1 N–H and O–H groups in total. The zero-order valence-electron chi connectivity index (χ0n) is 19.6. The van der Waals surface area contributed by atoms with Crippen LogP contribution in [0.1, 0.15) is 11.1 Å². The third-order valence-electron chi connectivity index (χ3n) is 5.67. The molecule has 182 valence electrons. The summed E-state index contributed by atoms with van der Waals surface area (Å²) in [6, 6.07) is 25.7. The van der Waals surface area contributed by atoms with Crippen LogP contribution in [0.3, 0.4) is 0 Å². The molecule has 0 atom stereocenters. The largest absolute Gasteiger partial charge is 0.490 e. The highest BCUT2D eigenvalue weighted by Crippen LogP contribution is 2.20. The molecule has 0 aliphatic carbocycles. The number of aliphatic carboxylic acids is 1. The summed E-state index contributed by atoms with van der Waals surface area (Å²) in [4.78, 5) is 18.8. The maximum atomic E-state index is 10.9. The van der Waals surface area contributed by atoms with Crippen molar-refractivity contribution >= 4 is 11.7 Å². The predicted octanol–water partition coefficient (Wildman–Crippen LogP) is 4.11. The van der Waals surface area contributed by atoms with Gasteiger partial charge in [-0.15, -0.1) is 0 Å². The molecule has 3 aromatic rings. The zero-order chi connectivity index (χ0) is 24.3. The van der Waals surface area contributed by atoms with Gasteiger partial charge in [0.05, 0.1) is 19.6 Å². The van der Waals surface area contributed by atoms with Gasteiger partial charge in [0.15, 0.2) is 6.61 Å². The minimum Gasteiger partial charge on any atom is -0.490 e. The van der Waals surface area contributed by atoms with Gasteiger partial charge in [-0.25, -0.2) is 0 Å². The van der Waals surface area contributed by atoms with Crippen molar-refractivity contribution < 1.29 is 24.2 Å². The van der Waals surface area contributed by atoms with Crippen molar-refractivity contribution in [3.63, 3.8) is 0 Å². The van der Waals surface area contributed by atoms with Gasteiger partial charge in [0.1, 0.15) is 18.1 Å². The minimum atomic E-state index is -0.871. The Morgan fingerprint density at radius 1 is 0.914 bits per heavy atom. The van der Waals surface area contributed by atoms with E-state index in [0.717, 1.165) is 43.1 Å². The number of rotatable bonds is 11. The fourth-order valence-corrected chi connectivity index (χ4v) is 3.87. The van der Waals surface area contributed by atoms with Crippen molar-refractivity contribution in [3.05, 3.63) is 90.0 Å². The van der Waals surface area contributed by atoms with Crippen LogP contribution in [0.5, 0.6) is 5.75 Å². The van der Waals surface area contributed by atoms with E-state index in [0.29, 0.717) is 24.5 Å². The Labute approximate surface area is 205 Å².